The van der Waals surface area contributed by atoms with Crippen molar-refractivity contribution in [1.29, 1.82) is 0 Å². The van der Waals surface area contributed by atoms with Gasteiger partial charge in [0.05, 0.1) is 0 Å². The summed E-state index contributed by atoms with van der Waals surface area (Å²) < 4.78 is 0. The topological polar surface area (TPSA) is 3.24 Å². The Kier molecular flexibility index (Phi) is 2.63. The van der Waals surface area contributed by atoms with Crippen molar-refractivity contribution < 1.29 is 0 Å². The maximum Gasteiger partial charge on any atom is 0.0361 e. The molecule has 0 N–H and O–H groups in total. The Hall–Kier alpha value is -1.76. The summed E-state index contributed by atoms with van der Waals surface area (Å²) in [4.78, 5) is 2.14. The molecule has 0 spiro atoms. The fourth-order valence-corrected chi connectivity index (χ4v) is 3.97. The Morgan fingerprint density at radius 2 is 1.55 bits per heavy atom. The van der Waals surface area contributed by atoms with Gasteiger partial charge in [-0.05, 0) is 71.6 Å². The molecule has 0 amide bonds. The number of hydrogen-bond donors (Lipinski definition) is 0. The third kappa shape index (κ3) is 1.84. The van der Waals surface area contributed by atoms with Gasteiger partial charge in [-0.15, -0.1) is 0 Å². The van der Waals surface area contributed by atoms with Crippen LogP contribution in [0, 0.1) is 11.8 Å². The minimum atomic E-state index is 0.869. The van der Waals surface area contributed by atoms with Gasteiger partial charge in [-0.25, -0.2) is 0 Å². The summed E-state index contributed by atoms with van der Waals surface area (Å²) >= 11 is 0. The Bertz CT molecular complexity index is 600. The van der Waals surface area contributed by atoms with Crippen LogP contribution in [0.2, 0.25) is 0 Å². The van der Waals surface area contributed by atoms with Crippen LogP contribution in [-0.4, -0.2) is 14.1 Å². The van der Waals surface area contributed by atoms with Gasteiger partial charge in [0.1, 0.15) is 0 Å². The first kappa shape index (κ1) is 12.0. The summed E-state index contributed by atoms with van der Waals surface area (Å²) in [5.41, 5.74) is 7.25. The van der Waals surface area contributed by atoms with Gasteiger partial charge in [0.25, 0.3) is 0 Å². The zero-order valence-electron chi connectivity index (χ0n) is 12.3. The Balaban J connectivity index is 1.62. The van der Waals surface area contributed by atoms with Crippen molar-refractivity contribution in [2.75, 3.05) is 19.0 Å². The highest BCUT2D eigenvalue weighted by Crippen LogP contribution is 2.54. The summed E-state index contributed by atoms with van der Waals surface area (Å²) in [6.07, 6.45) is 11.4. The van der Waals surface area contributed by atoms with Crippen LogP contribution in [0.4, 0.5) is 5.69 Å². The highest BCUT2D eigenvalue weighted by Gasteiger charge is 2.40. The lowest BCUT2D eigenvalue weighted by atomic mass is 9.92. The predicted octanol–water partition coefficient (Wildman–Crippen LogP) is 4.43. The molecule has 2 saturated carbocycles. The van der Waals surface area contributed by atoms with Crippen molar-refractivity contribution in [3.05, 3.63) is 58.7 Å². The largest absolute Gasteiger partial charge is 0.378 e. The molecule has 0 radical (unpaired) electrons. The minimum Gasteiger partial charge on any atom is -0.378 e. The van der Waals surface area contributed by atoms with Gasteiger partial charge < -0.3 is 4.90 Å². The van der Waals surface area contributed by atoms with Gasteiger partial charge >= 0.3 is 0 Å². The molecule has 1 nitrogen and oxygen atoms in total. The van der Waals surface area contributed by atoms with Gasteiger partial charge in [0.2, 0.25) is 0 Å². The average molecular weight is 263 g/mol. The summed E-state index contributed by atoms with van der Waals surface area (Å²) in [5, 5.41) is 0. The van der Waals surface area contributed by atoms with Crippen LogP contribution in [0.5, 0.6) is 0 Å². The van der Waals surface area contributed by atoms with Gasteiger partial charge in [-0.2, -0.15) is 0 Å². The van der Waals surface area contributed by atoms with Crippen LogP contribution in [0.25, 0.3) is 6.08 Å². The number of anilines is 1. The highest BCUT2D eigenvalue weighted by molar-refractivity contribution is 5.68. The van der Waals surface area contributed by atoms with E-state index in [1.165, 1.54) is 36.1 Å². The molecule has 0 aliphatic heterocycles. The third-order valence-corrected chi connectivity index (χ3v) is 5.03. The van der Waals surface area contributed by atoms with E-state index in [4.69, 9.17) is 0 Å². The molecule has 4 rings (SSSR count). The van der Waals surface area contributed by atoms with E-state index in [1.54, 1.807) is 11.1 Å². The number of allylic oxidation sites excluding steroid dienone is 5. The molecule has 0 saturated heterocycles. The Morgan fingerprint density at radius 3 is 2.10 bits per heavy atom. The standard InChI is InChI=1S/C19H21N/c1-20(2)17-7-3-13(4-8-17)9-14-10-18-15-5-6-16(12-15)19(18)11-14/h3-4,7-11,15-16H,5-6,12H2,1-2H3/t15-,16-/m0/s1. The number of fused-ring (bicyclic) bond motifs is 5. The van der Waals surface area contributed by atoms with Crippen molar-refractivity contribution in [3.63, 3.8) is 0 Å². The number of benzene rings is 1. The van der Waals surface area contributed by atoms with Crippen LogP contribution in [0.1, 0.15) is 24.8 Å². The highest BCUT2D eigenvalue weighted by atomic mass is 15.1. The second-order valence-electron chi connectivity index (χ2n) is 6.54. The third-order valence-electron chi connectivity index (χ3n) is 5.03. The first-order chi connectivity index (χ1) is 9.70. The summed E-state index contributed by atoms with van der Waals surface area (Å²) in [5.74, 6) is 1.74. The van der Waals surface area contributed by atoms with E-state index in [-0.39, 0.29) is 0 Å². The van der Waals surface area contributed by atoms with Gasteiger partial charge in [-0.3, -0.25) is 0 Å². The van der Waals surface area contributed by atoms with Gasteiger partial charge in [-0.1, -0.05) is 24.3 Å². The summed E-state index contributed by atoms with van der Waals surface area (Å²) in [6.45, 7) is 0. The van der Waals surface area contributed by atoms with E-state index in [1.807, 2.05) is 0 Å². The SMILES string of the molecule is CN(C)c1ccc(C=C2C=C3C(=C2)[C@H]2CC[C@H]3C2)cc1. The molecule has 3 aliphatic rings. The second kappa shape index (κ2) is 4.37. The molecule has 2 atom stereocenters. The van der Waals surface area contributed by atoms with E-state index < -0.39 is 0 Å². The predicted molar refractivity (Wildman–Crippen MR) is 85.7 cm³/mol. The van der Waals surface area contributed by atoms with Crippen LogP contribution >= 0.6 is 0 Å². The minimum absolute atomic E-state index is 0.869. The molecule has 2 bridgehead atoms. The average Bonchev–Trinajstić information content (AvgIpc) is 3.10. The summed E-state index contributed by atoms with van der Waals surface area (Å²) in [7, 11) is 4.16. The summed E-state index contributed by atoms with van der Waals surface area (Å²) in [6, 6.07) is 8.79. The van der Waals surface area contributed by atoms with Crippen LogP contribution < -0.4 is 4.90 Å². The first-order valence-corrected chi connectivity index (χ1v) is 7.63. The molecule has 0 aromatic heterocycles. The molecule has 0 unspecified atom stereocenters. The Morgan fingerprint density at radius 1 is 0.950 bits per heavy atom. The molecule has 2 fully saturated rings. The quantitative estimate of drug-likeness (QED) is 0.763. The normalized spacial score (nSPS) is 26.4. The smallest absolute Gasteiger partial charge is 0.0361 e. The van der Waals surface area contributed by atoms with Crippen LogP contribution in [0.3, 0.4) is 0 Å². The maximum absolute atomic E-state index is 2.43. The molecule has 1 aromatic carbocycles. The second-order valence-corrected chi connectivity index (χ2v) is 6.54. The molecule has 0 heterocycles. The van der Waals surface area contributed by atoms with E-state index >= 15 is 0 Å². The lowest BCUT2D eigenvalue weighted by molar-refractivity contribution is 0.658. The number of nitrogens with zero attached hydrogens (tertiary/aromatic N) is 1. The zero-order chi connectivity index (χ0) is 13.7. The van der Waals surface area contributed by atoms with Crippen molar-refractivity contribution in [3.8, 4) is 0 Å². The van der Waals surface area contributed by atoms with Crippen LogP contribution in [0.15, 0.2) is 53.1 Å². The van der Waals surface area contributed by atoms with Crippen molar-refractivity contribution in [2.24, 2.45) is 11.8 Å². The lowest BCUT2D eigenvalue weighted by Crippen LogP contribution is -2.07. The molecule has 20 heavy (non-hydrogen) atoms. The Labute approximate surface area is 121 Å². The van der Waals surface area contributed by atoms with Gasteiger partial charge in [0, 0.05) is 19.8 Å². The molecule has 102 valence electrons. The van der Waals surface area contributed by atoms with E-state index in [0.29, 0.717) is 0 Å². The van der Waals surface area contributed by atoms with Gasteiger partial charge in [0.15, 0.2) is 0 Å². The number of rotatable bonds is 2. The van der Waals surface area contributed by atoms with Crippen molar-refractivity contribution in [1.82, 2.24) is 0 Å². The number of hydrogen-bond acceptors (Lipinski definition) is 1. The fraction of sp³-hybridized carbons (Fsp3) is 0.368. The fourth-order valence-electron chi connectivity index (χ4n) is 3.97. The maximum atomic E-state index is 2.43. The first-order valence-electron chi connectivity index (χ1n) is 7.63. The van der Waals surface area contributed by atoms with Crippen molar-refractivity contribution >= 4 is 11.8 Å². The van der Waals surface area contributed by atoms with E-state index in [2.05, 4.69) is 61.5 Å². The molecule has 1 heteroatoms. The molecular weight excluding hydrogens is 242 g/mol. The zero-order valence-corrected chi connectivity index (χ0v) is 12.3. The molecule has 3 aliphatic carbocycles. The monoisotopic (exact) mass is 263 g/mol. The van der Waals surface area contributed by atoms with Crippen molar-refractivity contribution in [2.45, 2.75) is 19.3 Å². The molecular formula is C19H21N. The van der Waals surface area contributed by atoms with Crippen LogP contribution in [-0.2, 0) is 0 Å². The van der Waals surface area contributed by atoms with E-state index in [9.17, 15) is 0 Å². The lowest BCUT2D eigenvalue weighted by Gasteiger charge is -2.12. The molecule has 1 aromatic rings. The van der Waals surface area contributed by atoms with E-state index in [0.717, 1.165) is 11.8 Å².